The lowest BCUT2D eigenvalue weighted by molar-refractivity contribution is -0.142. The van der Waals surface area contributed by atoms with Crippen molar-refractivity contribution in [2.75, 3.05) is 20.2 Å². The van der Waals surface area contributed by atoms with Crippen molar-refractivity contribution in [3.8, 4) is 0 Å². The van der Waals surface area contributed by atoms with Gasteiger partial charge in [-0.2, -0.15) is 0 Å². The molecule has 1 saturated carbocycles. The van der Waals surface area contributed by atoms with E-state index in [0.29, 0.717) is 12.6 Å². The first-order valence-electron chi connectivity index (χ1n) is 6.18. The zero-order chi connectivity index (χ0) is 12.2. The molecule has 16 heavy (non-hydrogen) atoms. The van der Waals surface area contributed by atoms with Gasteiger partial charge in [0.15, 0.2) is 0 Å². The second kappa shape index (κ2) is 5.64. The number of carbonyl (C=O) groups excluding carboxylic acids is 1. The van der Waals surface area contributed by atoms with Crippen LogP contribution >= 0.6 is 0 Å². The molecule has 4 heteroatoms. The monoisotopic (exact) mass is 228 g/mol. The molecule has 0 aromatic carbocycles. The second-order valence-electron chi connectivity index (χ2n) is 4.62. The summed E-state index contributed by atoms with van der Waals surface area (Å²) in [5.74, 6) is 0.0715. The average Bonchev–Trinajstić information content (AvgIpc) is 3.14. The third kappa shape index (κ3) is 3.19. The van der Waals surface area contributed by atoms with E-state index in [1.807, 2.05) is 20.9 Å². The maximum absolute atomic E-state index is 11.8. The average molecular weight is 228 g/mol. The minimum atomic E-state index is -0.319. The molecule has 1 rings (SSSR count). The standard InChI is InChI=1S/C12H24N2O2/c1-4-12(5-2,9-13)16-8-11(15)14(3)10-6-7-10/h10H,4-9,13H2,1-3H3. The second-order valence-corrected chi connectivity index (χ2v) is 4.62. The maximum Gasteiger partial charge on any atom is 0.248 e. The van der Waals surface area contributed by atoms with Crippen LogP contribution in [-0.4, -0.2) is 42.6 Å². The smallest absolute Gasteiger partial charge is 0.248 e. The largest absolute Gasteiger partial charge is 0.364 e. The van der Waals surface area contributed by atoms with Gasteiger partial charge in [0.1, 0.15) is 6.61 Å². The first kappa shape index (κ1) is 13.5. The van der Waals surface area contributed by atoms with Gasteiger partial charge in [0.05, 0.1) is 5.60 Å². The van der Waals surface area contributed by atoms with Crippen molar-refractivity contribution in [3.63, 3.8) is 0 Å². The minimum Gasteiger partial charge on any atom is -0.364 e. The maximum atomic E-state index is 11.8. The van der Waals surface area contributed by atoms with Crippen molar-refractivity contribution in [1.29, 1.82) is 0 Å². The van der Waals surface area contributed by atoms with Gasteiger partial charge in [-0.25, -0.2) is 0 Å². The predicted octanol–water partition coefficient (Wildman–Crippen LogP) is 1.14. The topological polar surface area (TPSA) is 55.6 Å². The molecule has 0 saturated heterocycles. The van der Waals surface area contributed by atoms with E-state index in [9.17, 15) is 4.79 Å². The summed E-state index contributed by atoms with van der Waals surface area (Å²) in [5, 5.41) is 0. The molecule has 2 N–H and O–H groups in total. The predicted molar refractivity (Wildman–Crippen MR) is 64.1 cm³/mol. The summed E-state index contributed by atoms with van der Waals surface area (Å²) in [6.07, 6.45) is 3.96. The molecule has 1 aliphatic rings. The summed E-state index contributed by atoms with van der Waals surface area (Å²) in [4.78, 5) is 13.6. The van der Waals surface area contributed by atoms with Crippen LogP contribution in [0.25, 0.3) is 0 Å². The summed E-state index contributed by atoms with van der Waals surface area (Å²) in [6, 6.07) is 0.451. The van der Waals surface area contributed by atoms with E-state index in [0.717, 1.165) is 25.7 Å². The van der Waals surface area contributed by atoms with Gasteiger partial charge >= 0.3 is 0 Å². The Morgan fingerprint density at radius 2 is 2.00 bits per heavy atom. The van der Waals surface area contributed by atoms with Gasteiger partial charge in [0, 0.05) is 19.6 Å². The lowest BCUT2D eigenvalue weighted by Crippen LogP contribution is -2.43. The molecule has 0 aromatic heterocycles. The number of nitrogens with two attached hydrogens (primary N) is 1. The zero-order valence-corrected chi connectivity index (χ0v) is 10.7. The Morgan fingerprint density at radius 1 is 1.44 bits per heavy atom. The lowest BCUT2D eigenvalue weighted by Gasteiger charge is -2.31. The number of hydrogen-bond acceptors (Lipinski definition) is 3. The Balaban J connectivity index is 2.38. The SMILES string of the molecule is CCC(CC)(CN)OCC(=O)N(C)C1CC1. The Labute approximate surface area is 98.1 Å². The highest BCUT2D eigenvalue weighted by Crippen LogP contribution is 2.26. The highest BCUT2D eigenvalue weighted by molar-refractivity contribution is 5.77. The molecular weight excluding hydrogens is 204 g/mol. The van der Waals surface area contributed by atoms with Crippen LogP contribution in [0.2, 0.25) is 0 Å². The van der Waals surface area contributed by atoms with E-state index in [-0.39, 0.29) is 18.1 Å². The molecule has 0 aliphatic heterocycles. The molecule has 0 radical (unpaired) electrons. The highest BCUT2D eigenvalue weighted by Gasteiger charge is 2.31. The summed E-state index contributed by atoms with van der Waals surface area (Å²) < 4.78 is 5.72. The Hall–Kier alpha value is -0.610. The van der Waals surface area contributed by atoms with Crippen molar-refractivity contribution in [1.82, 2.24) is 4.90 Å². The van der Waals surface area contributed by atoms with E-state index in [1.54, 1.807) is 4.90 Å². The molecule has 0 spiro atoms. The van der Waals surface area contributed by atoms with Crippen LogP contribution in [0.3, 0.4) is 0 Å². The number of rotatable bonds is 7. The highest BCUT2D eigenvalue weighted by atomic mass is 16.5. The van der Waals surface area contributed by atoms with Gasteiger partial charge in [0.2, 0.25) is 5.91 Å². The molecule has 1 amide bonds. The van der Waals surface area contributed by atoms with Gasteiger partial charge in [-0.3, -0.25) is 4.79 Å². The van der Waals surface area contributed by atoms with Crippen molar-refractivity contribution in [3.05, 3.63) is 0 Å². The van der Waals surface area contributed by atoms with Crippen molar-refractivity contribution in [2.24, 2.45) is 5.73 Å². The fourth-order valence-corrected chi connectivity index (χ4v) is 1.78. The fourth-order valence-electron chi connectivity index (χ4n) is 1.78. The first-order valence-corrected chi connectivity index (χ1v) is 6.18. The minimum absolute atomic E-state index is 0.0715. The van der Waals surface area contributed by atoms with Crippen molar-refractivity contribution in [2.45, 2.75) is 51.2 Å². The summed E-state index contributed by atoms with van der Waals surface area (Å²) in [7, 11) is 1.85. The van der Waals surface area contributed by atoms with E-state index in [1.165, 1.54) is 0 Å². The van der Waals surface area contributed by atoms with E-state index in [2.05, 4.69) is 0 Å². The van der Waals surface area contributed by atoms with Crippen LogP contribution < -0.4 is 5.73 Å². The van der Waals surface area contributed by atoms with Crippen molar-refractivity contribution >= 4 is 5.91 Å². The van der Waals surface area contributed by atoms with E-state index < -0.39 is 0 Å². The van der Waals surface area contributed by atoms with Gasteiger partial charge in [-0.15, -0.1) is 0 Å². The summed E-state index contributed by atoms with van der Waals surface area (Å²) in [5.41, 5.74) is 5.39. The van der Waals surface area contributed by atoms with Gasteiger partial charge < -0.3 is 15.4 Å². The number of amides is 1. The third-order valence-electron chi connectivity index (χ3n) is 3.65. The Bertz CT molecular complexity index is 227. The molecule has 0 aromatic rings. The molecule has 0 heterocycles. The van der Waals surface area contributed by atoms with Crippen LogP contribution in [0, 0.1) is 0 Å². The number of nitrogens with zero attached hydrogens (tertiary/aromatic N) is 1. The van der Waals surface area contributed by atoms with Crippen molar-refractivity contribution < 1.29 is 9.53 Å². The summed E-state index contributed by atoms with van der Waals surface area (Å²) in [6.45, 7) is 4.73. The van der Waals surface area contributed by atoms with Gasteiger partial charge in [-0.1, -0.05) is 13.8 Å². The molecular formula is C12H24N2O2. The van der Waals surface area contributed by atoms with Crippen LogP contribution in [0.4, 0.5) is 0 Å². The molecule has 94 valence electrons. The molecule has 0 atom stereocenters. The van der Waals surface area contributed by atoms with Crippen LogP contribution in [0.5, 0.6) is 0 Å². The molecule has 1 aliphatic carbocycles. The van der Waals surface area contributed by atoms with E-state index in [4.69, 9.17) is 10.5 Å². The number of ether oxygens (including phenoxy) is 1. The normalized spacial score (nSPS) is 16.2. The lowest BCUT2D eigenvalue weighted by atomic mass is 9.97. The number of carbonyl (C=O) groups is 1. The Morgan fingerprint density at radius 3 is 2.38 bits per heavy atom. The molecule has 1 fully saturated rings. The number of likely N-dealkylation sites (N-methyl/N-ethyl adjacent to an activating group) is 1. The van der Waals surface area contributed by atoms with Gasteiger partial charge in [-0.05, 0) is 25.7 Å². The van der Waals surface area contributed by atoms with Crippen LogP contribution in [0.1, 0.15) is 39.5 Å². The molecule has 4 nitrogen and oxygen atoms in total. The Kier molecular flexibility index (Phi) is 4.74. The summed E-state index contributed by atoms with van der Waals surface area (Å²) >= 11 is 0. The van der Waals surface area contributed by atoms with Crippen LogP contribution in [-0.2, 0) is 9.53 Å². The zero-order valence-electron chi connectivity index (χ0n) is 10.7. The number of hydrogen-bond donors (Lipinski definition) is 1. The van der Waals surface area contributed by atoms with Gasteiger partial charge in [0.25, 0.3) is 0 Å². The van der Waals surface area contributed by atoms with E-state index >= 15 is 0 Å². The third-order valence-corrected chi connectivity index (χ3v) is 3.65. The first-order chi connectivity index (χ1) is 7.58. The quantitative estimate of drug-likeness (QED) is 0.711. The van der Waals surface area contributed by atoms with Crippen LogP contribution in [0.15, 0.2) is 0 Å². The molecule has 0 unspecified atom stereocenters. The molecule has 0 bridgehead atoms. The fraction of sp³-hybridized carbons (Fsp3) is 0.917.